The smallest absolute Gasteiger partial charge is 0.296 e. The summed E-state index contributed by atoms with van der Waals surface area (Å²) in [4.78, 5) is 11.7. The van der Waals surface area contributed by atoms with E-state index in [4.69, 9.17) is 0 Å². The van der Waals surface area contributed by atoms with Crippen LogP contribution in [-0.2, 0) is 5.54 Å². The number of aromatic nitrogens is 4. The van der Waals surface area contributed by atoms with Crippen LogP contribution in [0.2, 0.25) is 0 Å². The molecule has 0 saturated carbocycles. The molecule has 7 heteroatoms. The number of aromatic amines is 1. The minimum atomic E-state index is 0. The van der Waals surface area contributed by atoms with Crippen molar-refractivity contribution in [2.24, 2.45) is 0 Å². The van der Waals surface area contributed by atoms with E-state index in [0.717, 1.165) is 22.2 Å². The molecule has 1 aliphatic heterocycles. The van der Waals surface area contributed by atoms with Crippen molar-refractivity contribution in [1.82, 2.24) is 15.0 Å². The number of H-pyrrole nitrogens is 1. The molecule has 0 aromatic carbocycles. The number of thioether (sulfide) groups is 1. The first kappa shape index (κ1) is 12.3. The highest BCUT2D eigenvalue weighted by molar-refractivity contribution is 9.09. The van der Waals surface area contributed by atoms with Crippen molar-refractivity contribution in [3.05, 3.63) is 12.7 Å². The van der Waals surface area contributed by atoms with Gasteiger partial charge in [-0.1, -0.05) is 27.7 Å². The largest absolute Gasteiger partial charge is 1.00 e. The summed E-state index contributed by atoms with van der Waals surface area (Å²) in [6.45, 7) is 2.23. The molecule has 0 bridgehead atoms. The van der Waals surface area contributed by atoms with Crippen LogP contribution < -0.4 is 21.5 Å². The summed E-state index contributed by atoms with van der Waals surface area (Å²) in [5, 5.41) is 2.17. The molecule has 0 amide bonds. The van der Waals surface area contributed by atoms with Crippen molar-refractivity contribution in [3.8, 4) is 0 Å². The average Bonchev–Trinajstić information content (AvgIpc) is 2.83. The van der Waals surface area contributed by atoms with E-state index in [2.05, 4.69) is 42.4 Å². The van der Waals surface area contributed by atoms with Gasteiger partial charge in [0.25, 0.3) is 12.0 Å². The standard InChI is InChI=1S/C9H9BrN4S.BrH/c1-9(2-10)3-15-8-6-7(12-4-11-6)13-5-14(8)9;/h4-5H,2-3H2,1H3;1H. The normalized spacial score (nSPS) is 23.1. The number of nitrogens with one attached hydrogen (secondary N) is 1. The van der Waals surface area contributed by atoms with E-state index in [-0.39, 0.29) is 22.5 Å². The van der Waals surface area contributed by atoms with Crippen molar-refractivity contribution >= 4 is 38.9 Å². The van der Waals surface area contributed by atoms with Crippen LogP contribution in [0.25, 0.3) is 11.2 Å². The molecule has 16 heavy (non-hydrogen) atoms. The predicted molar refractivity (Wildman–Crippen MR) is 62.2 cm³/mol. The van der Waals surface area contributed by atoms with Gasteiger partial charge in [-0.05, 0) is 11.9 Å². The topological polar surface area (TPSA) is 45.5 Å². The Morgan fingerprint density at radius 3 is 3.19 bits per heavy atom. The van der Waals surface area contributed by atoms with Crippen LogP contribution in [0.15, 0.2) is 17.7 Å². The van der Waals surface area contributed by atoms with Gasteiger partial charge in [-0.25, -0.2) is 4.57 Å². The van der Waals surface area contributed by atoms with Gasteiger partial charge in [-0.15, -0.1) is 0 Å². The molecule has 2 aromatic heterocycles. The number of nitrogens with zero attached hydrogens (tertiary/aromatic N) is 3. The Morgan fingerprint density at radius 1 is 1.62 bits per heavy atom. The van der Waals surface area contributed by atoms with E-state index in [9.17, 15) is 0 Å². The van der Waals surface area contributed by atoms with Gasteiger partial charge in [0.05, 0.1) is 6.33 Å². The number of hydrogen-bond donors (Lipinski definition) is 1. The Morgan fingerprint density at radius 2 is 2.44 bits per heavy atom. The minimum absolute atomic E-state index is 0. The molecule has 3 heterocycles. The fraction of sp³-hybridized carbons (Fsp3) is 0.444. The lowest BCUT2D eigenvalue weighted by Gasteiger charge is -2.17. The third kappa shape index (κ3) is 1.60. The number of imidazole rings is 1. The molecule has 1 unspecified atom stereocenters. The zero-order chi connectivity index (χ0) is 10.5. The van der Waals surface area contributed by atoms with Crippen LogP contribution in [0.5, 0.6) is 0 Å². The molecule has 0 spiro atoms. The Labute approximate surface area is 116 Å². The van der Waals surface area contributed by atoms with Crippen LogP contribution in [0.3, 0.4) is 0 Å². The molecule has 86 valence electrons. The predicted octanol–water partition coefficient (Wildman–Crippen LogP) is -1.53. The van der Waals surface area contributed by atoms with Crippen molar-refractivity contribution in [1.29, 1.82) is 0 Å². The Balaban J connectivity index is 0.000000963. The molecule has 4 nitrogen and oxygen atoms in total. The molecule has 0 radical (unpaired) electrons. The maximum Gasteiger partial charge on any atom is 0.296 e. The molecule has 1 aliphatic rings. The van der Waals surface area contributed by atoms with Gasteiger partial charge >= 0.3 is 0 Å². The lowest BCUT2D eigenvalue weighted by atomic mass is 10.1. The quantitative estimate of drug-likeness (QED) is 0.378. The van der Waals surface area contributed by atoms with Gasteiger partial charge < -0.3 is 22.0 Å². The summed E-state index contributed by atoms with van der Waals surface area (Å²) in [5.74, 6) is 1.07. The summed E-state index contributed by atoms with van der Waals surface area (Å²) in [6.07, 6.45) is 3.59. The van der Waals surface area contributed by atoms with Gasteiger partial charge in [0, 0.05) is 11.1 Å². The SMILES string of the molecule is CC1(CBr)CSc2c3[nH]cnc3nc[n+]21.[Br-]. The molecule has 3 rings (SSSR count). The molecule has 2 aromatic rings. The fourth-order valence-corrected chi connectivity index (χ4v) is 3.87. The van der Waals surface area contributed by atoms with E-state index in [0.29, 0.717) is 0 Å². The number of hydrogen-bond acceptors (Lipinski definition) is 3. The third-order valence-corrected chi connectivity index (χ3v) is 5.39. The van der Waals surface area contributed by atoms with Crippen molar-refractivity contribution in [3.63, 3.8) is 0 Å². The zero-order valence-corrected chi connectivity index (χ0v) is 12.6. The van der Waals surface area contributed by atoms with E-state index in [1.165, 1.54) is 5.03 Å². The lowest BCUT2D eigenvalue weighted by molar-refractivity contribution is -0.778. The van der Waals surface area contributed by atoms with Crippen LogP contribution in [0.1, 0.15) is 6.92 Å². The number of alkyl halides is 1. The highest BCUT2D eigenvalue weighted by Gasteiger charge is 2.40. The van der Waals surface area contributed by atoms with Crippen LogP contribution in [-0.4, -0.2) is 26.0 Å². The van der Waals surface area contributed by atoms with Gasteiger partial charge in [-0.2, -0.15) is 4.98 Å². The summed E-state index contributed by atoms with van der Waals surface area (Å²) in [7, 11) is 0. The first-order chi connectivity index (χ1) is 7.24. The van der Waals surface area contributed by atoms with E-state index < -0.39 is 0 Å². The van der Waals surface area contributed by atoms with Crippen LogP contribution in [0.4, 0.5) is 0 Å². The highest BCUT2D eigenvalue weighted by atomic mass is 79.9. The number of fused-ring (bicyclic) bond motifs is 3. The van der Waals surface area contributed by atoms with Gasteiger partial charge in [-0.3, -0.25) is 0 Å². The van der Waals surface area contributed by atoms with Gasteiger partial charge in [0.2, 0.25) is 0 Å². The average molecular weight is 366 g/mol. The van der Waals surface area contributed by atoms with Gasteiger partial charge in [0.15, 0.2) is 10.5 Å². The molecule has 1 N–H and O–H groups in total. The maximum atomic E-state index is 4.34. The summed E-state index contributed by atoms with van der Waals surface area (Å²) in [5.41, 5.74) is 1.96. The summed E-state index contributed by atoms with van der Waals surface area (Å²) >= 11 is 5.42. The monoisotopic (exact) mass is 364 g/mol. The first-order valence-corrected chi connectivity index (χ1v) is 6.78. The Bertz CT molecular complexity index is 529. The van der Waals surface area contributed by atoms with Crippen LogP contribution in [0, 0.1) is 0 Å². The molecule has 1 atom stereocenters. The van der Waals surface area contributed by atoms with E-state index >= 15 is 0 Å². The Kier molecular flexibility index (Phi) is 3.29. The maximum absolute atomic E-state index is 4.34. The number of halogens is 2. The molecule has 0 aliphatic carbocycles. The summed E-state index contributed by atoms with van der Waals surface area (Å²) in [6, 6.07) is 0. The molecular formula is C9H10Br2N4S. The third-order valence-electron chi connectivity index (χ3n) is 2.74. The van der Waals surface area contributed by atoms with Crippen molar-refractivity contribution in [2.45, 2.75) is 17.5 Å². The van der Waals surface area contributed by atoms with Crippen molar-refractivity contribution in [2.75, 3.05) is 11.1 Å². The summed E-state index contributed by atoms with van der Waals surface area (Å²) < 4.78 is 2.23. The fourth-order valence-electron chi connectivity index (χ4n) is 1.75. The van der Waals surface area contributed by atoms with Gasteiger partial charge in [0.1, 0.15) is 5.54 Å². The highest BCUT2D eigenvalue weighted by Crippen LogP contribution is 2.34. The second-order valence-corrected chi connectivity index (χ2v) is 5.46. The zero-order valence-electron chi connectivity index (χ0n) is 8.57. The molecular weight excluding hydrogens is 356 g/mol. The second kappa shape index (κ2) is 4.27. The van der Waals surface area contributed by atoms with Crippen LogP contribution >= 0.6 is 27.7 Å². The number of rotatable bonds is 1. The minimum Gasteiger partial charge on any atom is -1.00 e. The van der Waals surface area contributed by atoms with E-state index in [1.54, 1.807) is 6.33 Å². The second-order valence-electron chi connectivity index (χ2n) is 3.94. The van der Waals surface area contributed by atoms with Crippen molar-refractivity contribution < 1.29 is 21.5 Å². The first-order valence-electron chi connectivity index (χ1n) is 4.67. The lowest BCUT2D eigenvalue weighted by Crippen LogP contribution is -3.00. The molecule has 0 saturated heterocycles. The Hall–Kier alpha value is -0.140. The van der Waals surface area contributed by atoms with E-state index in [1.807, 2.05) is 18.1 Å². The molecule has 0 fully saturated rings.